The number of benzene rings is 1. The molecule has 0 atom stereocenters. The van der Waals surface area contributed by atoms with E-state index in [1.807, 2.05) is 17.5 Å². The number of hydrogen-bond donors (Lipinski definition) is 1. The smallest absolute Gasteiger partial charge is 0.303 e. The van der Waals surface area contributed by atoms with Crippen LogP contribution in [-0.2, 0) is 17.0 Å². The van der Waals surface area contributed by atoms with E-state index < -0.39 is 5.97 Å². The minimum absolute atomic E-state index is 0.147. The van der Waals surface area contributed by atoms with E-state index in [4.69, 9.17) is 5.11 Å². The molecule has 0 bridgehead atoms. The minimum atomic E-state index is -0.774. The zero-order valence-electron chi connectivity index (χ0n) is 10.6. The van der Waals surface area contributed by atoms with E-state index in [-0.39, 0.29) is 6.42 Å². The summed E-state index contributed by atoms with van der Waals surface area (Å²) < 4.78 is 0. The van der Waals surface area contributed by atoms with E-state index in [1.165, 1.54) is 10.5 Å². The molecule has 1 N–H and O–H groups in total. The first-order chi connectivity index (χ1) is 9.15. The molecule has 0 unspecified atom stereocenters. The summed E-state index contributed by atoms with van der Waals surface area (Å²) in [6, 6.07) is 8.28. The topological polar surface area (TPSA) is 50.2 Å². The fourth-order valence-electron chi connectivity index (χ4n) is 1.62. The molecule has 3 nitrogen and oxygen atoms in total. The van der Waals surface area contributed by atoms with Crippen LogP contribution in [0.4, 0.5) is 0 Å². The van der Waals surface area contributed by atoms with Gasteiger partial charge in [0.15, 0.2) is 0 Å². The van der Waals surface area contributed by atoms with Gasteiger partial charge in [0.1, 0.15) is 5.01 Å². The van der Waals surface area contributed by atoms with E-state index in [0.29, 0.717) is 6.42 Å². The van der Waals surface area contributed by atoms with E-state index in [2.05, 4.69) is 24.0 Å². The van der Waals surface area contributed by atoms with Crippen LogP contribution in [0.5, 0.6) is 0 Å². The molecule has 2 rings (SSSR count). The molecule has 0 amide bonds. The number of nitrogens with zero attached hydrogens (tertiary/aromatic N) is 1. The van der Waals surface area contributed by atoms with Crippen LogP contribution in [-0.4, -0.2) is 16.1 Å². The van der Waals surface area contributed by atoms with Crippen LogP contribution in [0, 0.1) is 6.92 Å². The van der Waals surface area contributed by atoms with Crippen molar-refractivity contribution in [1.82, 2.24) is 4.98 Å². The van der Waals surface area contributed by atoms with Crippen LogP contribution < -0.4 is 0 Å². The molecule has 0 aliphatic carbocycles. The van der Waals surface area contributed by atoms with Crippen LogP contribution in [0.2, 0.25) is 0 Å². The predicted molar refractivity (Wildman–Crippen MR) is 78.8 cm³/mol. The van der Waals surface area contributed by atoms with Crippen LogP contribution in [0.25, 0.3) is 0 Å². The van der Waals surface area contributed by atoms with Gasteiger partial charge in [-0.15, -0.1) is 23.1 Å². The van der Waals surface area contributed by atoms with Crippen LogP contribution in [0.3, 0.4) is 0 Å². The van der Waals surface area contributed by atoms with Gasteiger partial charge in [-0.2, -0.15) is 0 Å². The maximum absolute atomic E-state index is 10.5. The third-order valence-electron chi connectivity index (χ3n) is 2.64. The van der Waals surface area contributed by atoms with Crippen molar-refractivity contribution < 1.29 is 9.90 Å². The SMILES string of the molecule is Cc1ccccc1SCc1nc(CCC(=O)O)cs1. The molecule has 1 aromatic heterocycles. The molecule has 0 aliphatic heterocycles. The summed E-state index contributed by atoms with van der Waals surface area (Å²) in [5, 5.41) is 11.6. The van der Waals surface area contributed by atoms with Crippen LogP contribution >= 0.6 is 23.1 Å². The van der Waals surface area contributed by atoms with Crippen molar-refractivity contribution in [1.29, 1.82) is 0 Å². The van der Waals surface area contributed by atoms with Gasteiger partial charge in [0.25, 0.3) is 0 Å². The molecule has 2 aromatic rings. The van der Waals surface area contributed by atoms with Crippen molar-refractivity contribution in [3.05, 3.63) is 45.9 Å². The average molecular weight is 293 g/mol. The molecule has 0 saturated heterocycles. The van der Waals surface area contributed by atoms with Gasteiger partial charge in [-0.05, 0) is 18.6 Å². The Bertz CT molecular complexity index is 566. The van der Waals surface area contributed by atoms with Crippen LogP contribution in [0.15, 0.2) is 34.5 Å². The van der Waals surface area contributed by atoms with Crippen molar-refractivity contribution in [3.8, 4) is 0 Å². The van der Waals surface area contributed by atoms with Gasteiger partial charge in [-0.1, -0.05) is 18.2 Å². The third-order valence-corrected chi connectivity index (χ3v) is 4.91. The van der Waals surface area contributed by atoms with Gasteiger partial charge in [-0.3, -0.25) is 4.79 Å². The normalized spacial score (nSPS) is 10.6. The van der Waals surface area contributed by atoms with Gasteiger partial charge in [-0.25, -0.2) is 4.98 Å². The molecule has 0 radical (unpaired) electrons. The fourth-order valence-corrected chi connectivity index (χ4v) is 3.50. The first-order valence-corrected chi connectivity index (χ1v) is 7.85. The summed E-state index contributed by atoms with van der Waals surface area (Å²) in [7, 11) is 0. The maximum Gasteiger partial charge on any atom is 0.303 e. The second kappa shape index (κ2) is 6.73. The van der Waals surface area contributed by atoms with Crippen molar-refractivity contribution in [3.63, 3.8) is 0 Å². The Morgan fingerprint density at radius 2 is 2.21 bits per heavy atom. The number of rotatable bonds is 6. The van der Waals surface area contributed by atoms with E-state index in [0.717, 1.165) is 16.5 Å². The Balaban J connectivity index is 1.90. The standard InChI is InChI=1S/C14H15NO2S2/c1-10-4-2-3-5-12(10)18-9-13-15-11(8-19-13)6-7-14(16)17/h2-5,8H,6-7,9H2,1H3,(H,16,17). The zero-order valence-corrected chi connectivity index (χ0v) is 12.3. The average Bonchev–Trinajstić information content (AvgIpc) is 2.83. The number of carboxylic acids is 1. The van der Waals surface area contributed by atoms with Crippen molar-refractivity contribution >= 4 is 29.1 Å². The lowest BCUT2D eigenvalue weighted by Crippen LogP contribution is -1.97. The monoisotopic (exact) mass is 293 g/mol. The first-order valence-electron chi connectivity index (χ1n) is 5.98. The number of carbonyl (C=O) groups is 1. The molecule has 100 valence electrons. The van der Waals surface area contributed by atoms with Crippen molar-refractivity contribution in [2.45, 2.75) is 30.4 Å². The summed E-state index contributed by atoms with van der Waals surface area (Å²) >= 11 is 3.37. The third kappa shape index (κ3) is 4.36. The Hall–Kier alpha value is -1.33. The highest BCUT2D eigenvalue weighted by molar-refractivity contribution is 7.98. The number of aromatic nitrogens is 1. The van der Waals surface area contributed by atoms with Gasteiger partial charge in [0.2, 0.25) is 0 Å². The fraction of sp³-hybridized carbons (Fsp3) is 0.286. The molecule has 0 saturated carbocycles. The van der Waals surface area contributed by atoms with Gasteiger partial charge < -0.3 is 5.11 Å². The number of thiazole rings is 1. The number of hydrogen-bond acceptors (Lipinski definition) is 4. The highest BCUT2D eigenvalue weighted by atomic mass is 32.2. The van der Waals surface area contributed by atoms with Crippen molar-refractivity contribution in [2.75, 3.05) is 0 Å². The number of aliphatic carboxylic acids is 1. The summed E-state index contributed by atoms with van der Waals surface area (Å²) in [6.07, 6.45) is 0.662. The largest absolute Gasteiger partial charge is 0.481 e. The quantitative estimate of drug-likeness (QED) is 0.824. The summed E-state index contributed by atoms with van der Waals surface area (Å²) in [5.74, 6) is 0.0617. The van der Waals surface area contributed by atoms with E-state index >= 15 is 0 Å². The van der Waals surface area contributed by atoms with Crippen LogP contribution in [0.1, 0.15) is 22.7 Å². The molecule has 1 heterocycles. The molecule has 0 aliphatic rings. The maximum atomic E-state index is 10.5. The Kier molecular flexibility index (Phi) is 4.99. The first kappa shape index (κ1) is 14.1. The lowest BCUT2D eigenvalue weighted by molar-refractivity contribution is -0.136. The van der Waals surface area contributed by atoms with Crippen molar-refractivity contribution in [2.24, 2.45) is 0 Å². The Labute approximate surface area is 120 Å². The second-order valence-electron chi connectivity index (χ2n) is 4.18. The van der Waals surface area contributed by atoms with Gasteiger partial charge in [0, 0.05) is 16.7 Å². The molecule has 0 fully saturated rings. The molecule has 0 spiro atoms. The number of carboxylic acid groups (broad SMARTS) is 1. The predicted octanol–water partition coefficient (Wildman–Crippen LogP) is 3.76. The molecule has 1 aromatic carbocycles. The van der Waals surface area contributed by atoms with E-state index in [9.17, 15) is 4.79 Å². The number of thioether (sulfide) groups is 1. The Morgan fingerprint density at radius 1 is 1.42 bits per heavy atom. The number of aryl methyl sites for hydroxylation is 2. The summed E-state index contributed by atoms with van der Waals surface area (Å²) in [4.78, 5) is 16.2. The molecule has 5 heteroatoms. The highest BCUT2D eigenvalue weighted by Crippen LogP contribution is 2.27. The molecular weight excluding hydrogens is 278 g/mol. The Morgan fingerprint density at radius 3 is 2.95 bits per heavy atom. The molecular formula is C14H15NO2S2. The highest BCUT2D eigenvalue weighted by Gasteiger charge is 2.06. The molecule has 19 heavy (non-hydrogen) atoms. The lowest BCUT2D eigenvalue weighted by atomic mass is 10.2. The second-order valence-corrected chi connectivity index (χ2v) is 6.14. The minimum Gasteiger partial charge on any atom is -0.481 e. The van der Waals surface area contributed by atoms with Gasteiger partial charge in [0.05, 0.1) is 17.9 Å². The van der Waals surface area contributed by atoms with E-state index in [1.54, 1.807) is 23.1 Å². The summed E-state index contributed by atoms with van der Waals surface area (Å²) in [5.41, 5.74) is 2.16. The zero-order chi connectivity index (χ0) is 13.7. The van der Waals surface area contributed by atoms with Gasteiger partial charge >= 0.3 is 5.97 Å². The summed E-state index contributed by atoms with van der Waals surface area (Å²) in [6.45, 7) is 2.10. The lowest BCUT2D eigenvalue weighted by Gasteiger charge is -2.02.